The van der Waals surface area contributed by atoms with Crippen molar-refractivity contribution in [1.29, 1.82) is 0 Å². The summed E-state index contributed by atoms with van der Waals surface area (Å²) in [5.74, 6) is -0.248. The van der Waals surface area contributed by atoms with Gasteiger partial charge in [0.15, 0.2) is 0 Å². The van der Waals surface area contributed by atoms with Gasteiger partial charge in [0.05, 0.1) is 0 Å². The second-order valence-corrected chi connectivity index (χ2v) is 3.22. The summed E-state index contributed by atoms with van der Waals surface area (Å²) in [6.45, 7) is 3.83. The van der Waals surface area contributed by atoms with Crippen LogP contribution in [0.2, 0.25) is 0 Å². The summed E-state index contributed by atoms with van der Waals surface area (Å²) in [7, 11) is 0. The van der Waals surface area contributed by atoms with E-state index in [1.165, 1.54) is 0 Å². The maximum absolute atomic E-state index is 10.7. The maximum Gasteiger partial charge on any atom is 0.220 e. The third-order valence-corrected chi connectivity index (χ3v) is 1.91. The molecular weight excluding hydrogens is 174 g/mol. The number of carbonyl (C=O) groups is 1. The van der Waals surface area contributed by atoms with E-state index in [4.69, 9.17) is 5.73 Å². The summed E-state index contributed by atoms with van der Waals surface area (Å²) < 4.78 is 0. The maximum atomic E-state index is 10.7. The third-order valence-electron chi connectivity index (χ3n) is 1.91. The molecule has 2 nitrogen and oxygen atoms in total. The van der Waals surface area contributed by atoms with Gasteiger partial charge in [0.2, 0.25) is 5.91 Å². The van der Waals surface area contributed by atoms with E-state index in [0.29, 0.717) is 0 Å². The van der Waals surface area contributed by atoms with Crippen molar-refractivity contribution in [3.63, 3.8) is 0 Å². The van der Waals surface area contributed by atoms with E-state index in [-0.39, 0.29) is 11.8 Å². The molecule has 0 aromatic heterocycles. The number of hydrogen-bond acceptors (Lipinski definition) is 1. The number of nitrogens with two attached hydrogens (primary N) is 1. The fraction of sp³-hybridized carbons (Fsp3) is 0.417. The fourth-order valence-corrected chi connectivity index (χ4v) is 0.903. The van der Waals surface area contributed by atoms with Crippen molar-refractivity contribution >= 4 is 5.91 Å². The van der Waals surface area contributed by atoms with Gasteiger partial charge in [0.25, 0.3) is 0 Å². The molecule has 0 radical (unpaired) electrons. The van der Waals surface area contributed by atoms with Gasteiger partial charge in [-0.05, 0) is 19.8 Å². The summed E-state index contributed by atoms with van der Waals surface area (Å²) >= 11 is 0. The van der Waals surface area contributed by atoms with Crippen LogP contribution < -0.4 is 5.73 Å². The Labute approximate surface area is 86.2 Å². The molecule has 2 heteroatoms. The molecule has 0 bridgehead atoms. The molecule has 0 aliphatic heterocycles. The zero-order chi connectivity index (χ0) is 10.8. The Balaban J connectivity index is 3.58. The molecule has 78 valence electrons. The highest BCUT2D eigenvalue weighted by molar-refractivity contribution is 5.76. The Morgan fingerprint density at radius 3 is 2.50 bits per heavy atom. The van der Waals surface area contributed by atoms with Crippen LogP contribution in [0.25, 0.3) is 0 Å². The van der Waals surface area contributed by atoms with Crippen molar-refractivity contribution in [3.8, 4) is 0 Å². The average molecular weight is 193 g/mol. The first-order valence-electron chi connectivity index (χ1n) is 4.92. The Kier molecular flexibility index (Phi) is 7.52. The van der Waals surface area contributed by atoms with Gasteiger partial charge >= 0.3 is 0 Å². The molecule has 14 heavy (non-hydrogen) atoms. The van der Waals surface area contributed by atoms with E-state index in [9.17, 15) is 4.79 Å². The molecule has 2 N–H and O–H groups in total. The van der Waals surface area contributed by atoms with E-state index < -0.39 is 0 Å². The van der Waals surface area contributed by atoms with Crippen LogP contribution in [0.4, 0.5) is 0 Å². The van der Waals surface area contributed by atoms with Crippen molar-refractivity contribution in [2.45, 2.75) is 26.7 Å². The van der Waals surface area contributed by atoms with Crippen molar-refractivity contribution < 1.29 is 4.79 Å². The van der Waals surface area contributed by atoms with Gasteiger partial charge in [-0.1, -0.05) is 43.4 Å². The number of rotatable bonds is 6. The van der Waals surface area contributed by atoms with Gasteiger partial charge in [-0.2, -0.15) is 0 Å². The third kappa shape index (κ3) is 7.35. The Morgan fingerprint density at radius 1 is 1.29 bits per heavy atom. The minimum Gasteiger partial charge on any atom is -0.369 e. The molecule has 1 unspecified atom stereocenters. The highest BCUT2D eigenvalue weighted by Gasteiger charge is 2.05. The molecule has 0 fully saturated rings. The lowest BCUT2D eigenvalue weighted by atomic mass is 10.1. The zero-order valence-electron chi connectivity index (χ0n) is 8.94. The van der Waals surface area contributed by atoms with E-state index >= 15 is 0 Å². The zero-order valence-corrected chi connectivity index (χ0v) is 8.94. The number of amides is 1. The molecule has 0 saturated heterocycles. The monoisotopic (exact) mass is 193 g/mol. The van der Waals surface area contributed by atoms with E-state index in [2.05, 4.69) is 0 Å². The molecule has 0 spiro atoms. The van der Waals surface area contributed by atoms with Crippen LogP contribution in [0, 0.1) is 5.92 Å². The summed E-state index contributed by atoms with van der Waals surface area (Å²) in [6, 6.07) is 0. The fourth-order valence-electron chi connectivity index (χ4n) is 0.903. The number of primary amides is 1. The predicted octanol–water partition coefficient (Wildman–Crippen LogP) is 2.58. The van der Waals surface area contributed by atoms with Crippen molar-refractivity contribution in [3.05, 3.63) is 36.5 Å². The quantitative estimate of drug-likeness (QED) is 0.647. The summed E-state index contributed by atoms with van der Waals surface area (Å²) in [5, 5.41) is 0. The van der Waals surface area contributed by atoms with Crippen LogP contribution in [0.3, 0.4) is 0 Å². The van der Waals surface area contributed by atoms with Gasteiger partial charge in [0, 0.05) is 5.92 Å². The minimum absolute atomic E-state index is 0.0285. The molecule has 0 aliphatic carbocycles. The van der Waals surface area contributed by atoms with Crippen molar-refractivity contribution in [2.24, 2.45) is 11.7 Å². The molecule has 0 aromatic rings. The molecule has 1 amide bonds. The lowest BCUT2D eigenvalue weighted by molar-refractivity contribution is -0.121. The van der Waals surface area contributed by atoms with Crippen LogP contribution in [0.1, 0.15) is 26.7 Å². The number of hydrogen-bond donors (Lipinski definition) is 1. The molecular formula is C12H19NO. The van der Waals surface area contributed by atoms with Gasteiger partial charge < -0.3 is 5.73 Å². The van der Waals surface area contributed by atoms with Gasteiger partial charge in [0.1, 0.15) is 0 Å². The highest BCUT2D eigenvalue weighted by Crippen LogP contribution is 2.04. The standard InChI is InChI=1S/C12H19NO/c1-3-4-5-6-7-8-9-10-11(2)12(13)14/h3-8,11H,9-10H2,1-2H3,(H2,13,14). The normalized spacial score (nSPS) is 14.4. The smallest absolute Gasteiger partial charge is 0.220 e. The first-order chi connectivity index (χ1) is 6.68. The van der Waals surface area contributed by atoms with Crippen LogP contribution in [0.5, 0.6) is 0 Å². The molecule has 0 heterocycles. The van der Waals surface area contributed by atoms with Gasteiger partial charge in [-0.3, -0.25) is 4.79 Å². The lowest BCUT2D eigenvalue weighted by Crippen LogP contribution is -2.20. The Morgan fingerprint density at radius 2 is 1.93 bits per heavy atom. The largest absolute Gasteiger partial charge is 0.369 e. The average Bonchev–Trinajstić information content (AvgIpc) is 2.16. The number of allylic oxidation sites excluding steroid dienone is 6. The van der Waals surface area contributed by atoms with E-state index in [0.717, 1.165) is 12.8 Å². The SMILES string of the molecule is CC=CC=CC=CCCC(C)C(N)=O. The Bertz CT molecular complexity index is 239. The molecule has 0 aliphatic rings. The van der Waals surface area contributed by atoms with Crippen LogP contribution in [-0.2, 0) is 4.79 Å². The molecule has 0 rings (SSSR count). The second kappa shape index (κ2) is 8.30. The Hall–Kier alpha value is -1.31. The lowest BCUT2D eigenvalue weighted by Gasteiger charge is -2.02. The molecule has 0 aromatic carbocycles. The van der Waals surface area contributed by atoms with Gasteiger partial charge in [-0.25, -0.2) is 0 Å². The van der Waals surface area contributed by atoms with Crippen molar-refractivity contribution in [1.82, 2.24) is 0 Å². The van der Waals surface area contributed by atoms with Gasteiger partial charge in [-0.15, -0.1) is 0 Å². The summed E-state index contributed by atoms with van der Waals surface area (Å²) in [6.07, 6.45) is 13.6. The minimum atomic E-state index is -0.220. The first kappa shape index (κ1) is 12.7. The topological polar surface area (TPSA) is 43.1 Å². The first-order valence-corrected chi connectivity index (χ1v) is 4.92. The second-order valence-electron chi connectivity index (χ2n) is 3.22. The summed E-state index contributed by atoms with van der Waals surface area (Å²) in [5.41, 5.74) is 5.13. The van der Waals surface area contributed by atoms with E-state index in [1.807, 2.05) is 50.3 Å². The molecule has 1 atom stereocenters. The highest BCUT2D eigenvalue weighted by atomic mass is 16.1. The van der Waals surface area contributed by atoms with Crippen LogP contribution >= 0.6 is 0 Å². The number of carbonyl (C=O) groups excluding carboxylic acids is 1. The van der Waals surface area contributed by atoms with Crippen molar-refractivity contribution in [2.75, 3.05) is 0 Å². The summed E-state index contributed by atoms with van der Waals surface area (Å²) in [4.78, 5) is 10.7. The van der Waals surface area contributed by atoms with Crippen LogP contribution in [0.15, 0.2) is 36.5 Å². The van der Waals surface area contributed by atoms with E-state index in [1.54, 1.807) is 0 Å². The molecule has 0 saturated carbocycles. The predicted molar refractivity (Wildman–Crippen MR) is 60.7 cm³/mol. The van der Waals surface area contributed by atoms with Crippen LogP contribution in [-0.4, -0.2) is 5.91 Å².